The predicted octanol–water partition coefficient (Wildman–Crippen LogP) is 2.66. The number of carboxylic acids is 1. The second kappa shape index (κ2) is 11.1. The summed E-state index contributed by atoms with van der Waals surface area (Å²) in [4.78, 5) is 30.9. The Hall–Kier alpha value is -4.12. The van der Waals surface area contributed by atoms with Gasteiger partial charge in [-0.05, 0) is 61.1 Å². The molecule has 0 radical (unpaired) electrons. The van der Waals surface area contributed by atoms with E-state index in [9.17, 15) is 24.9 Å². The average molecular weight is 496 g/mol. The predicted molar refractivity (Wildman–Crippen MR) is 128 cm³/mol. The monoisotopic (exact) mass is 495 g/mol. The van der Waals surface area contributed by atoms with E-state index in [0.717, 1.165) is 18.4 Å². The third-order valence-electron chi connectivity index (χ3n) is 6.20. The molecule has 0 saturated carbocycles. The molecule has 0 aliphatic carbocycles. The van der Waals surface area contributed by atoms with Crippen molar-refractivity contribution < 1.29 is 29.4 Å². The third kappa shape index (κ3) is 6.11. The molecule has 1 aliphatic heterocycles. The van der Waals surface area contributed by atoms with Crippen LogP contribution in [0.4, 0.5) is 4.79 Å². The second-order valence-electron chi connectivity index (χ2n) is 8.88. The number of rotatable bonds is 8. The lowest BCUT2D eigenvalue weighted by molar-refractivity contribution is -0.139. The average Bonchev–Trinajstić information content (AvgIpc) is 3.37. The number of nitrogens with zero attached hydrogens (tertiary/aromatic N) is 3. The molecule has 1 fully saturated rings. The molecule has 1 saturated heterocycles. The zero-order chi connectivity index (χ0) is 25.7. The number of carbonyl (C=O) groups excluding carboxylic acids is 1. The van der Waals surface area contributed by atoms with Crippen molar-refractivity contribution in [1.82, 2.24) is 20.4 Å². The minimum absolute atomic E-state index is 0.0662. The molecule has 0 spiro atoms. The van der Waals surface area contributed by atoms with Crippen LogP contribution in [-0.4, -0.2) is 54.9 Å². The van der Waals surface area contributed by atoms with Gasteiger partial charge in [-0.25, -0.2) is 9.59 Å². The number of hydrogen-bond acceptors (Lipinski definition) is 8. The molecule has 2 aromatic carbocycles. The molecule has 3 aromatic rings. The summed E-state index contributed by atoms with van der Waals surface area (Å²) in [6, 6.07) is 10.1. The van der Waals surface area contributed by atoms with Gasteiger partial charge in [-0.15, -0.1) is 0 Å². The van der Waals surface area contributed by atoms with E-state index < -0.39 is 30.1 Å². The first-order chi connectivity index (χ1) is 17.3. The summed E-state index contributed by atoms with van der Waals surface area (Å²) in [7, 11) is 0. The minimum atomic E-state index is -1.16. The van der Waals surface area contributed by atoms with Gasteiger partial charge in [-0.1, -0.05) is 29.4 Å². The number of nitrogens with one attached hydrogen (secondary N) is 1. The molecule has 11 nitrogen and oxygen atoms in total. The zero-order valence-corrected chi connectivity index (χ0v) is 19.6. The SMILES string of the molecule is N[C@@H](Cc1ccc(O)cc1)c1noc([C@@H]2CCCCN2C(=O)NC(Cc2ccc(O)cc2)C(=O)O)n1. The van der Waals surface area contributed by atoms with Crippen molar-refractivity contribution in [2.45, 2.75) is 50.2 Å². The number of carbonyl (C=O) groups is 2. The summed E-state index contributed by atoms with van der Waals surface area (Å²) in [5, 5.41) is 35.2. The minimum Gasteiger partial charge on any atom is -0.508 e. The van der Waals surface area contributed by atoms with Crippen molar-refractivity contribution in [2.75, 3.05) is 6.54 Å². The van der Waals surface area contributed by atoms with Gasteiger partial charge in [0.25, 0.3) is 0 Å². The normalized spacial score (nSPS) is 17.4. The van der Waals surface area contributed by atoms with Gasteiger partial charge in [0.15, 0.2) is 5.82 Å². The highest BCUT2D eigenvalue weighted by Crippen LogP contribution is 2.31. The van der Waals surface area contributed by atoms with Crippen molar-refractivity contribution in [2.24, 2.45) is 5.73 Å². The van der Waals surface area contributed by atoms with Crippen LogP contribution in [0.2, 0.25) is 0 Å². The number of carboxylic acid groups (broad SMARTS) is 1. The summed E-state index contributed by atoms with van der Waals surface area (Å²) in [5.74, 6) is -0.359. The Morgan fingerprint density at radius 3 is 2.25 bits per heavy atom. The Kier molecular flexibility index (Phi) is 7.69. The number of phenolic OH excluding ortho intramolecular Hbond substituents is 2. The van der Waals surface area contributed by atoms with E-state index in [1.807, 2.05) is 0 Å². The number of urea groups is 1. The maximum absolute atomic E-state index is 13.1. The van der Waals surface area contributed by atoms with Crippen LogP contribution in [-0.2, 0) is 17.6 Å². The second-order valence-corrected chi connectivity index (χ2v) is 8.88. The molecule has 4 rings (SSSR count). The summed E-state index contributed by atoms with van der Waals surface area (Å²) < 4.78 is 5.48. The van der Waals surface area contributed by atoms with E-state index in [4.69, 9.17) is 10.3 Å². The molecule has 36 heavy (non-hydrogen) atoms. The van der Waals surface area contributed by atoms with Crippen molar-refractivity contribution in [1.29, 1.82) is 0 Å². The van der Waals surface area contributed by atoms with Gasteiger partial charge in [0.2, 0.25) is 5.89 Å². The van der Waals surface area contributed by atoms with Crippen molar-refractivity contribution in [3.63, 3.8) is 0 Å². The molecule has 1 aliphatic rings. The van der Waals surface area contributed by atoms with Crippen LogP contribution in [0.1, 0.15) is 54.2 Å². The van der Waals surface area contributed by atoms with Gasteiger partial charge in [0, 0.05) is 13.0 Å². The van der Waals surface area contributed by atoms with Crippen LogP contribution in [0.3, 0.4) is 0 Å². The van der Waals surface area contributed by atoms with Gasteiger partial charge in [0.05, 0.1) is 6.04 Å². The lowest BCUT2D eigenvalue weighted by atomic mass is 10.0. The highest BCUT2D eigenvalue weighted by molar-refractivity contribution is 5.83. The molecular weight excluding hydrogens is 466 g/mol. The number of amides is 2. The largest absolute Gasteiger partial charge is 0.508 e. The fraction of sp³-hybridized carbons (Fsp3) is 0.360. The zero-order valence-electron chi connectivity index (χ0n) is 19.6. The molecule has 1 aromatic heterocycles. The first-order valence-corrected chi connectivity index (χ1v) is 11.7. The Labute approximate surface area is 207 Å². The molecule has 190 valence electrons. The summed E-state index contributed by atoms with van der Waals surface area (Å²) in [6.07, 6.45) is 2.71. The molecular formula is C25H29N5O6. The molecule has 2 amide bonds. The molecule has 3 atom stereocenters. The highest BCUT2D eigenvalue weighted by Gasteiger charge is 2.34. The van der Waals surface area contributed by atoms with Gasteiger partial charge in [0.1, 0.15) is 23.6 Å². The van der Waals surface area contributed by atoms with E-state index in [0.29, 0.717) is 30.8 Å². The van der Waals surface area contributed by atoms with Gasteiger partial charge in [-0.3, -0.25) is 0 Å². The Bertz CT molecular complexity index is 1180. The number of phenols is 2. The Morgan fingerprint density at radius 2 is 1.64 bits per heavy atom. The number of hydrogen-bond donors (Lipinski definition) is 5. The van der Waals surface area contributed by atoms with Crippen LogP contribution in [0, 0.1) is 0 Å². The smallest absolute Gasteiger partial charge is 0.326 e. The van der Waals surface area contributed by atoms with Crippen molar-refractivity contribution >= 4 is 12.0 Å². The number of aromatic hydroxyl groups is 2. The number of piperidine rings is 1. The van der Waals surface area contributed by atoms with Crippen LogP contribution in [0.15, 0.2) is 53.1 Å². The number of aliphatic carboxylic acids is 1. The maximum Gasteiger partial charge on any atom is 0.326 e. The van der Waals surface area contributed by atoms with Crippen molar-refractivity contribution in [3.05, 3.63) is 71.4 Å². The highest BCUT2D eigenvalue weighted by atomic mass is 16.5. The van der Waals surface area contributed by atoms with E-state index in [2.05, 4.69) is 15.5 Å². The van der Waals surface area contributed by atoms with Crippen LogP contribution in [0.5, 0.6) is 11.5 Å². The first kappa shape index (κ1) is 25.0. The van der Waals surface area contributed by atoms with Crippen LogP contribution < -0.4 is 11.1 Å². The Morgan fingerprint density at radius 1 is 1.03 bits per heavy atom. The van der Waals surface area contributed by atoms with Gasteiger partial charge >= 0.3 is 12.0 Å². The molecule has 6 N–H and O–H groups in total. The van der Waals surface area contributed by atoms with E-state index >= 15 is 0 Å². The molecule has 0 bridgehead atoms. The standard InChI is InChI=1S/C25H29N5O6/c26-19(13-15-4-8-17(31)9-5-15)22-28-23(36-29-22)21-3-1-2-12-30(21)25(35)27-20(24(33)34)14-16-6-10-18(32)11-7-16/h4-11,19-21,31-32H,1-3,12-14,26H2,(H,27,35)(H,33,34)/t19-,20?,21-/m0/s1. The summed E-state index contributed by atoms with van der Waals surface area (Å²) >= 11 is 0. The van der Waals surface area contributed by atoms with Gasteiger partial charge in [-0.2, -0.15) is 4.98 Å². The molecule has 1 unspecified atom stereocenters. The lowest BCUT2D eigenvalue weighted by Crippen LogP contribution is -2.51. The molecule has 2 heterocycles. The van der Waals surface area contributed by atoms with E-state index in [-0.39, 0.29) is 23.8 Å². The van der Waals surface area contributed by atoms with E-state index in [1.165, 1.54) is 17.0 Å². The summed E-state index contributed by atoms with van der Waals surface area (Å²) in [6.45, 7) is 0.416. The Balaban J connectivity index is 1.44. The topological polar surface area (TPSA) is 175 Å². The number of aromatic nitrogens is 2. The third-order valence-corrected chi connectivity index (χ3v) is 6.20. The first-order valence-electron chi connectivity index (χ1n) is 11.7. The number of benzene rings is 2. The van der Waals surface area contributed by atoms with Crippen LogP contribution >= 0.6 is 0 Å². The maximum atomic E-state index is 13.1. The number of likely N-dealkylation sites (tertiary alicyclic amines) is 1. The summed E-state index contributed by atoms with van der Waals surface area (Å²) in [5.41, 5.74) is 7.83. The van der Waals surface area contributed by atoms with Gasteiger partial charge < -0.3 is 35.8 Å². The number of nitrogens with two attached hydrogens (primary N) is 1. The molecule has 11 heteroatoms. The fourth-order valence-electron chi connectivity index (χ4n) is 4.24. The fourth-order valence-corrected chi connectivity index (χ4v) is 4.24. The lowest BCUT2D eigenvalue weighted by Gasteiger charge is -2.34. The van der Waals surface area contributed by atoms with E-state index in [1.54, 1.807) is 36.4 Å². The quantitative estimate of drug-likeness (QED) is 0.314. The van der Waals surface area contributed by atoms with Crippen LogP contribution in [0.25, 0.3) is 0 Å². The van der Waals surface area contributed by atoms with Crippen molar-refractivity contribution in [3.8, 4) is 11.5 Å².